The zero-order chi connectivity index (χ0) is 16.2. The highest BCUT2D eigenvalue weighted by Crippen LogP contribution is 2.42. The second-order valence-corrected chi connectivity index (χ2v) is 6.80. The predicted molar refractivity (Wildman–Crippen MR) is 93.6 cm³/mol. The number of pyridine rings is 2. The molecular weight excluding hydrogens is 300 g/mol. The van der Waals surface area contributed by atoms with Crippen LogP contribution in [0, 0.1) is 5.92 Å². The van der Waals surface area contributed by atoms with Crippen LogP contribution >= 0.6 is 0 Å². The Morgan fingerprint density at radius 1 is 1.12 bits per heavy atom. The average molecular weight is 324 g/mol. The van der Waals surface area contributed by atoms with Gasteiger partial charge in [-0.3, -0.25) is 9.88 Å². The molecule has 0 amide bonds. The van der Waals surface area contributed by atoms with E-state index in [1.165, 1.54) is 6.42 Å². The summed E-state index contributed by atoms with van der Waals surface area (Å²) in [6.07, 6.45) is 5.99. The predicted octanol–water partition coefficient (Wildman–Crippen LogP) is 2.57. The van der Waals surface area contributed by atoms with Crippen LogP contribution in [-0.2, 0) is 11.3 Å². The van der Waals surface area contributed by atoms with E-state index in [-0.39, 0.29) is 5.60 Å². The van der Waals surface area contributed by atoms with E-state index in [9.17, 15) is 0 Å². The van der Waals surface area contributed by atoms with Crippen molar-refractivity contribution in [2.45, 2.75) is 25.0 Å². The molecule has 4 rings (SSSR count). The summed E-state index contributed by atoms with van der Waals surface area (Å²) in [6, 6.07) is 12.1. The third-order valence-corrected chi connectivity index (χ3v) is 5.16. The van der Waals surface area contributed by atoms with Gasteiger partial charge in [-0.25, -0.2) is 4.98 Å². The van der Waals surface area contributed by atoms with Crippen LogP contribution in [0.1, 0.15) is 18.5 Å². The van der Waals surface area contributed by atoms with Gasteiger partial charge in [0.25, 0.3) is 0 Å². The first-order valence-electron chi connectivity index (χ1n) is 8.75. The molecule has 1 N–H and O–H groups in total. The molecule has 2 aliphatic rings. The number of likely N-dealkylation sites (tertiary alicyclic amines) is 1. The molecule has 1 spiro atoms. The lowest BCUT2D eigenvalue weighted by atomic mass is 9.79. The van der Waals surface area contributed by atoms with Gasteiger partial charge in [0.05, 0.1) is 11.3 Å². The Labute approximate surface area is 143 Å². The summed E-state index contributed by atoms with van der Waals surface area (Å²) in [6.45, 7) is 4.82. The van der Waals surface area contributed by atoms with E-state index >= 15 is 0 Å². The molecule has 0 unspecified atom stereocenters. The van der Waals surface area contributed by atoms with Gasteiger partial charge in [-0.2, -0.15) is 0 Å². The maximum Gasteiger partial charge on any atom is 0.125 e. The van der Waals surface area contributed by atoms with E-state index in [2.05, 4.69) is 32.3 Å². The molecule has 0 aromatic carbocycles. The quantitative estimate of drug-likeness (QED) is 0.885. The van der Waals surface area contributed by atoms with Crippen molar-refractivity contribution in [1.82, 2.24) is 14.9 Å². The fourth-order valence-electron chi connectivity index (χ4n) is 3.93. The zero-order valence-corrected chi connectivity index (χ0v) is 13.9. The van der Waals surface area contributed by atoms with Crippen molar-refractivity contribution >= 4 is 5.82 Å². The molecule has 126 valence electrons. The summed E-state index contributed by atoms with van der Waals surface area (Å²) < 4.78 is 6.15. The lowest BCUT2D eigenvalue weighted by Crippen LogP contribution is -2.64. The molecule has 5 heteroatoms. The largest absolute Gasteiger partial charge is 0.372 e. The van der Waals surface area contributed by atoms with Gasteiger partial charge in [-0.05, 0) is 43.0 Å². The number of nitrogens with one attached hydrogen (secondary N) is 1. The number of anilines is 1. The monoisotopic (exact) mass is 324 g/mol. The summed E-state index contributed by atoms with van der Waals surface area (Å²) in [7, 11) is 0. The van der Waals surface area contributed by atoms with Gasteiger partial charge in [0.2, 0.25) is 0 Å². The van der Waals surface area contributed by atoms with Crippen molar-refractivity contribution in [2.75, 3.05) is 31.6 Å². The van der Waals surface area contributed by atoms with Crippen LogP contribution in [0.15, 0.2) is 48.8 Å². The number of nitrogens with zero attached hydrogens (tertiary/aromatic N) is 3. The highest BCUT2D eigenvalue weighted by Gasteiger charge is 2.52. The molecule has 2 aliphatic heterocycles. The Kier molecular flexibility index (Phi) is 4.45. The Morgan fingerprint density at radius 2 is 1.96 bits per heavy atom. The second-order valence-electron chi connectivity index (χ2n) is 6.80. The van der Waals surface area contributed by atoms with Crippen LogP contribution < -0.4 is 5.32 Å². The molecular formula is C19H24N4O. The molecule has 0 aliphatic carbocycles. The number of hydrogen-bond donors (Lipinski definition) is 1. The molecule has 0 bridgehead atoms. The van der Waals surface area contributed by atoms with E-state index in [1.807, 2.05) is 36.7 Å². The maximum absolute atomic E-state index is 6.15. The van der Waals surface area contributed by atoms with Crippen LogP contribution in [0.4, 0.5) is 5.82 Å². The standard InChI is InChI=1S/C19H24N4O/c1-3-9-20-17(5-1)13-23-14-19(15-23)16(8-12-24-19)7-11-22-18-6-2-4-10-21-18/h1-6,9-10,16H,7-8,11-15H2,(H,21,22)/t16-/m1/s1. The van der Waals surface area contributed by atoms with Gasteiger partial charge < -0.3 is 10.1 Å². The van der Waals surface area contributed by atoms with Crippen molar-refractivity contribution in [3.05, 3.63) is 54.5 Å². The van der Waals surface area contributed by atoms with Gasteiger partial charge >= 0.3 is 0 Å². The van der Waals surface area contributed by atoms with Crippen molar-refractivity contribution in [3.8, 4) is 0 Å². The summed E-state index contributed by atoms with van der Waals surface area (Å²) in [4.78, 5) is 11.2. The lowest BCUT2D eigenvalue weighted by molar-refractivity contribution is -0.136. The van der Waals surface area contributed by atoms with E-state index in [0.29, 0.717) is 5.92 Å². The second kappa shape index (κ2) is 6.87. The Morgan fingerprint density at radius 3 is 2.71 bits per heavy atom. The van der Waals surface area contributed by atoms with Crippen LogP contribution in [-0.4, -0.2) is 46.7 Å². The lowest BCUT2D eigenvalue weighted by Gasteiger charge is -2.50. The third kappa shape index (κ3) is 3.28. The number of aromatic nitrogens is 2. The first kappa shape index (κ1) is 15.5. The molecule has 0 saturated carbocycles. The number of rotatable bonds is 6. The minimum Gasteiger partial charge on any atom is -0.372 e. The molecule has 2 saturated heterocycles. The highest BCUT2D eigenvalue weighted by molar-refractivity contribution is 5.32. The molecule has 0 radical (unpaired) electrons. The van der Waals surface area contributed by atoms with Gasteiger partial charge in [-0.1, -0.05) is 12.1 Å². The van der Waals surface area contributed by atoms with Crippen LogP contribution in [0.25, 0.3) is 0 Å². The Balaban J connectivity index is 1.27. The topological polar surface area (TPSA) is 50.3 Å². The normalized spacial score (nSPS) is 22.4. The van der Waals surface area contributed by atoms with Gasteiger partial charge in [0.1, 0.15) is 5.82 Å². The Hall–Kier alpha value is -1.98. The van der Waals surface area contributed by atoms with Gasteiger partial charge in [0, 0.05) is 45.2 Å². The average Bonchev–Trinajstić information content (AvgIpc) is 3.00. The summed E-state index contributed by atoms with van der Waals surface area (Å²) in [5, 5.41) is 3.42. The SMILES string of the molecule is c1ccc(CN2CC3(C2)OCC[C@H]3CCNc2ccccn2)nc1. The van der Waals surface area contributed by atoms with E-state index in [1.54, 1.807) is 0 Å². The van der Waals surface area contributed by atoms with Crippen molar-refractivity contribution < 1.29 is 4.74 Å². The fourth-order valence-corrected chi connectivity index (χ4v) is 3.93. The first-order valence-corrected chi connectivity index (χ1v) is 8.75. The van der Waals surface area contributed by atoms with Gasteiger partial charge in [-0.15, -0.1) is 0 Å². The first-order chi connectivity index (χ1) is 11.8. The fraction of sp³-hybridized carbons (Fsp3) is 0.474. The molecule has 2 aromatic heterocycles. The number of hydrogen-bond acceptors (Lipinski definition) is 5. The van der Waals surface area contributed by atoms with Crippen LogP contribution in [0.3, 0.4) is 0 Å². The smallest absolute Gasteiger partial charge is 0.125 e. The molecule has 24 heavy (non-hydrogen) atoms. The van der Waals surface area contributed by atoms with Gasteiger partial charge in [0.15, 0.2) is 0 Å². The Bertz CT molecular complexity index is 643. The molecule has 1 atom stereocenters. The third-order valence-electron chi connectivity index (χ3n) is 5.16. The van der Waals surface area contributed by atoms with Crippen molar-refractivity contribution in [3.63, 3.8) is 0 Å². The molecule has 2 fully saturated rings. The zero-order valence-electron chi connectivity index (χ0n) is 13.9. The van der Waals surface area contributed by atoms with Crippen molar-refractivity contribution in [2.24, 2.45) is 5.92 Å². The van der Waals surface area contributed by atoms with Crippen molar-refractivity contribution in [1.29, 1.82) is 0 Å². The van der Waals surface area contributed by atoms with Crippen LogP contribution in [0.5, 0.6) is 0 Å². The molecule has 2 aromatic rings. The molecule has 5 nitrogen and oxygen atoms in total. The number of ether oxygens (including phenoxy) is 1. The van der Waals surface area contributed by atoms with E-state index in [0.717, 1.165) is 50.7 Å². The van der Waals surface area contributed by atoms with E-state index < -0.39 is 0 Å². The maximum atomic E-state index is 6.15. The molecule has 4 heterocycles. The highest BCUT2D eigenvalue weighted by atomic mass is 16.5. The minimum absolute atomic E-state index is 0.0700. The summed E-state index contributed by atoms with van der Waals surface area (Å²) in [5.74, 6) is 1.59. The summed E-state index contributed by atoms with van der Waals surface area (Å²) >= 11 is 0. The van der Waals surface area contributed by atoms with Crippen LogP contribution in [0.2, 0.25) is 0 Å². The minimum atomic E-state index is 0.0700. The summed E-state index contributed by atoms with van der Waals surface area (Å²) in [5.41, 5.74) is 1.21. The van der Waals surface area contributed by atoms with E-state index in [4.69, 9.17) is 4.74 Å².